The first-order valence-corrected chi connectivity index (χ1v) is 9.48. The molecule has 0 aliphatic carbocycles. The molecule has 0 radical (unpaired) electrons. The van der Waals surface area contributed by atoms with Crippen molar-refractivity contribution in [3.05, 3.63) is 94.8 Å². The van der Waals surface area contributed by atoms with Gasteiger partial charge in [-0.1, -0.05) is 42.5 Å². The number of halogens is 1. The van der Waals surface area contributed by atoms with Crippen molar-refractivity contribution >= 4 is 5.91 Å². The highest BCUT2D eigenvalue weighted by Gasteiger charge is 2.34. The zero-order chi connectivity index (χ0) is 20.4. The lowest BCUT2D eigenvalue weighted by Gasteiger charge is -2.38. The van der Waals surface area contributed by atoms with Crippen LogP contribution >= 0.6 is 0 Å². The highest BCUT2D eigenvalue weighted by Crippen LogP contribution is 2.37. The van der Waals surface area contributed by atoms with E-state index >= 15 is 0 Å². The first-order valence-electron chi connectivity index (χ1n) is 9.48. The Labute approximate surface area is 169 Å². The Kier molecular flexibility index (Phi) is 5.21. The van der Waals surface area contributed by atoms with E-state index in [2.05, 4.69) is 0 Å². The van der Waals surface area contributed by atoms with E-state index in [1.54, 1.807) is 55.5 Å². The molecule has 0 saturated carbocycles. The lowest BCUT2D eigenvalue weighted by atomic mass is 9.87. The Morgan fingerprint density at radius 1 is 0.931 bits per heavy atom. The number of hydrogen-bond acceptors (Lipinski definition) is 3. The molecule has 1 heterocycles. The first kappa shape index (κ1) is 19.0. The predicted octanol–water partition coefficient (Wildman–Crippen LogP) is 4.63. The molecule has 0 spiro atoms. The van der Waals surface area contributed by atoms with Crippen LogP contribution in [-0.2, 0) is 6.42 Å². The van der Waals surface area contributed by atoms with Gasteiger partial charge in [0.2, 0.25) is 0 Å². The standard InChI is InChI=1S/C24H22FNO3/c1-28-18-13-17(14-19(15-18)29-2)24(27)26-12-11-16-7-3-4-8-20(16)23(26)21-9-5-6-10-22(21)25/h3-10,13-15,23H,11-12H2,1-2H3/t23-/m0/s1. The number of nitrogens with zero attached hydrogens (tertiary/aromatic N) is 1. The molecule has 1 aliphatic heterocycles. The normalized spacial score (nSPS) is 15.6. The molecule has 4 nitrogen and oxygen atoms in total. The van der Waals surface area contributed by atoms with Gasteiger partial charge in [-0.15, -0.1) is 0 Å². The van der Waals surface area contributed by atoms with E-state index in [9.17, 15) is 9.18 Å². The molecule has 0 bridgehead atoms. The third kappa shape index (κ3) is 3.56. The average molecular weight is 391 g/mol. The lowest BCUT2D eigenvalue weighted by molar-refractivity contribution is 0.0691. The summed E-state index contributed by atoms with van der Waals surface area (Å²) in [6.45, 7) is 0.494. The Bertz CT molecular complexity index is 1030. The number of benzene rings is 3. The highest BCUT2D eigenvalue weighted by atomic mass is 19.1. The van der Waals surface area contributed by atoms with Crippen LogP contribution in [0.15, 0.2) is 66.7 Å². The maximum atomic E-state index is 14.8. The largest absolute Gasteiger partial charge is 0.497 e. The number of amides is 1. The third-order valence-electron chi connectivity index (χ3n) is 5.34. The van der Waals surface area contributed by atoms with Crippen LogP contribution in [0.25, 0.3) is 0 Å². The predicted molar refractivity (Wildman–Crippen MR) is 109 cm³/mol. The molecule has 3 aromatic rings. The number of carbonyl (C=O) groups is 1. The average Bonchev–Trinajstić information content (AvgIpc) is 2.78. The van der Waals surface area contributed by atoms with Crippen LogP contribution in [0.2, 0.25) is 0 Å². The summed E-state index contributed by atoms with van der Waals surface area (Å²) in [5.41, 5.74) is 3.02. The summed E-state index contributed by atoms with van der Waals surface area (Å²) in [7, 11) is 3.09. The van der Waals surface area contributed by atoms with Crippen molar-refractivity contribution in [3.8, 4) is 11.5 Å². The highest BCUT2D eigenvalue weighted by molar-refractivity contribution is 5.96. The number of fused-ring (bicyclic) bond motifs is 1. The van der Waals surface area contributed by atoms with Crippen molar-refractivity contribution in [1.82, 2.24) is 4.90 Å². The van der Waals surface area contributed by atoms with Gasteiger partial charge in [-0.3, -0.25) is 4.79 Å². The van der Waals surface area contributed by atoms with Gasteiger partial charge in [0, 0.05) is 23.7 Å². The SMILES string of the molecule is COc1cc(OC)cc(C(=O)N2CCc3ccccc3[C@H]2c2ccccc2F)c1. The minimum atomic E-state index is -0.495. The number of ether oxygens (including phenoxy) is 2. The van der Waals surface area contributed by atoms with Crippen LogP contribution in [-0.4, -0.2) is 31.6 Å². The zero-order valence-corrected chi connectivity index (χ0v) is 16.4. The second-order valence-corrected chi connectivity index (χ2v) is 6.97. The van der Waals surface area contributed by atoms with Crippen LogP contribution in [0.1, 0.15) is 33.1 Å². The van der Waals surface area contributed by atoms with Gasteiger partial charge in [-0.05, 0) is 35.7 Å². The van der Waals surface area contributed by atoms with Crippen LogP contribution in [0, 0.1) is 5.82 Å². The fraction of sp³-hybridized carbons (Fsp3) is 0.208. The van der Waals surface area contributed by atoms with Crippen LogP contribution in [0.5, 0.6) is 11.5 Å². The van der Waals surface area contributed by atoms with Crippen LogP contribution < -0.4 is 9.47 Å². The second-order valence-electron chi connectivity index (χ2n) is 6.97. The van der Waals surface area contributed by atoms with E-state index < -0.39 is 6.04 Å². The maximum absolute atomic E-state index is 14.8. The van der Waals surface area contributed by atoms with Gasteiger partial charge in [0.15, 0.2) is 0 Å². The van der Waals surface area contributed by atoms with E-state index in [4.69, 9.17) is 9.47 Å². The summed E-state index contributed by atoms with van der Waals surface area (Å²) in [6.07, 6.45) is 0.716. The number of carbonyl (C=O) groups excluding carboxylic acids is 1. The molecule has 3 aromatic carbocycles. The minimum Gasteiger partial charge on any atom is -0.497 e. The van der Waals surface area contributed by atoms with Crippen molar-refractivity contribution in [2.45, 2.75) is 12.5 Å². The van der Waals surface area contributed by atoms with Crippen molar-refractivity contribution in [2.24, 2.45) is 0 Å². The Morgan fingerprint density at radius 3 is 2.21 bits per heavy atom. The van der Waals surface area contributed by atoms with Gasteiger partial charge in [0.25, 0.3) is 5.91 Å². The van der Waals surface area contributed by atoms with E-state index in [1.165, 1.54) is 6.07 Å². The topological polar surface area (TPSA) is 38.8 Å². The molecule has 0 saturated heterocycles. The quantitative estimate of drug-likeness (QED) is 0.651. The summed E-state index contributed by atoms with van der Waals surface area (Å²) >= 11 is 0. The number of hydrogen-bond donors (Lipinski definition) is 0. The lowest BCUT2D eigenvalue weighted by Crippen LogP contribution is -2.41. The monoisotopic (exact) mass is 391 g/mol. The Morgan fingerprint density at radius 2 is 1.55 bits per heavy atom. The molecule has 4 rings (SSSR count). The van der Waals surface area contributed by atoms with Crippen molar-refractivity contribution < 1.29 is 18.7 Å². The van der Waals surface area contributed by atoms with E-state index in [-0.39, 0.29) is 11.7 Å². The van der Waals surface area contributed by atoms with Gasteiger partial charge in [0.05, 0.1) is 20.3 Å². The molecule has 1 aliphatic rings. The van der Waals surface area contributed by atoms with Gasteiger partial charge in [0.1, 0.15) is 17.3 Å². The third-order valence-corrected chi connectivity index (χ3v) is 5.34. The summed E-state index contributed by atoms with van der Waals surface area (Å²) in [5.74, 6) is 0.556. The van der Waals surface area contributed by atoms with Crippen molar-refractivity contribution in [2.75, 3.05) is 20.8 Å². The van der Waals surface area contributed by atoms with Gasteiger partial charge >= 0.3 is 0 Å². The van der Waals surface area contributed by atoms with E-state index in [1.807, 2.05) is 24.3 Å². The molecule has 1 amide bonds. The molecule has 5 heteroatoms. The summed E-state index contributed by atoms with van der Waals surface area (Å²) < 4.78 is 25.4. The molecule has 1 atom stereocenters. The molecule has 29 heavy (non-hydrogen) atoms. The fourth-order valence-corrected chi connectivity index (χ4v) is 3.91. The molecular formula is C24H22FNO3. The summed E-state index contributed by atoms with van der Waals surface area (Å²) in [4.78, 5) is 15.3. The van der Waals surface area contributed by atoms with E-state index in [0.717, 1.165) is 11.1 Å². The zero-order valence-electron chi connectivity index (χ0n) is 16.4. The molecular weight excluding hydrogens is 369 g/mol. The maximum Gasteiger partial charge on any atom is 0.254 e. The van der Waals surface area contributed by atoms with Crippen LogP contribution in [0.4, 0.5) is 4.39 Å². The minimum absolute atomic E-state index is 0.190. The molecule has 0 N–H and O–H groups in total. The molecule has 148 valence electrons. The van der Waals surface area contributed by atoms with Crippen molar-refractivity contribution in [1.29, 1.82) is 0 Å². The van der Waals surface area contributed by atoms with Crippen LogP contribution in [0.3, 0.4) is 0 Å². The first-order chi connectivity index (χ1) is 14.1. The Hall–Kier alpha value is -3.34. The molecule has 0 unspecified atom stereocenters. The molecule has 0 fully saturated rings. The van der Waals surface area contributed by atoms with E-state index in [0.29, 0.717) is 35.6 Å². The Balaban J connectivity index is 1.82. The van der Waals surface area contributed by atoms with Gasteiger partial charge < -0.3 is 14.4 Å². The fourth-order valence-electron chi connectivity index (χ4n) is 3.91. The molecule has 0 aromatic heterocycles. The number of methoxy groups -OCH3 is 2. The smallest absolute Gasteiger partial charge is 0.254 e. The van der Waals surface area contributed by atoms with Crippen molar-refractivity contribution in [3.63, 3.8) is 0 Å². The number of rotatable bonds is 4. The van der Waals surface area contributed by atoms with Gasteiger partial charge in [-0.2, -0.15) is 0 Å². The second kappa shape index (κ2) is 7.95. The summed E-state index contributed by atoms with van der Waals surface area (Å²) in [6, 6.07) is 19.1. The summed E-state index contributed by atoms with van der Waals surface area (Å²) in [5, 5.41) is 0. The van der Waals surface area contributed by atoms with Gasteiger partial charge in [-0.25, -0.2) is 4.39 Å².